The average molecular weight is 1050 g/mol. The number of carbonyl (C=O) groups excluding carboxylic acids is 2. The Balaban J connectivity index is 3.92. The lowest BCUT2D eigenvalue weighted by atomic mass is 10.0. The normalized spacial score (nSPS) is 13.4. The van der Waals surface area contributed by atoms with E-state index < -0.39 is 26.5 Å². The van der Waals surface area contributed by atoms with Gasteiger partial charge in [-0.05, 0) is 57.8 Å². The Morgan fingerprint density at radius 3 is 1.12 bits per heavy atom. The molecule has 2 unspecified atom stereocenters. The molecule has 0 radical (unpaired) electrons. The number of nitrogens with two attached hydrogens (primary N) is 1. The molecule has 426 valence electrons. The van der Waals surface area contributed by atoms with Crippen LogP contribution in [-0.4, -0.2) is 49.3 Å². The third-order valence-corrected chi connectivity index (χ3v) is 14.4. The molecule has 0 fully saturated rings. The largest absolute Gasteiger partial charge is 0.472 e. The number of carbonyl (C=O) groups is 2. The minimum absolute atomic E-state index is 0.0534. The molecule has 0 amide bonds. The van der Waals surface area contributed by atoms with Crippen LogP contribution in [0.15, 0.2) is 60.8 Å². The third-order valence-electron chi connectivity index (χ3n) is 13.4. The highest BCUT2D eigenvalue weighted by Gasteiger charge is 2.26. The first kappa shape index (κ1) is 70.7. The molecule has 0 aromatic rings. The van der Waals surface area contributed by atoms with E-state index in [1.165, 1.54) is 193 Å². The Hall–Kier alpha value is -2.29. The highest BCUT2D eigenvalue weighted by molar-refractivity contribution is 7.47. The van der Waals surface area contributed by atoms with E-state index in [1.54, 1.807) is 0 Å². The van der Waals surface area contributed by atoms with Gasteiger partial charge in [0.25, 0.3) is 0 Å². The lowest BCUT2D eigenvalue weighted by Crippen LogP contribution is -2.29. The van der Waals surface area contributed by atoms with Crippen LogP contribution in [0.2, 0.25) is 0 Å². The fraction of sp³-hybridized carbons (Fsp3) is 0.810. The van der Waals surface area contributed by atoms with Gasteiger partial charge in [-0.25, -0.2) is 4.57 Å². The Labute approximate surface area is 450 Å². The standard InChI is InChI=1S/C63H116NO8P/c1-3-5-7-9-11-13-15-17-19-21-23-25-27-28-29-30-31-32-34-36-38-40-42-44-46-48-50-52-54-56-63(66)72-61(60-71-73(67,68)70-58-57-64)59-69-62(65)55-53-51-49-47-45-43-41-39-37-35-33-26-24-22-20-18-16-14-12-10-8-6-4-2/h5,7,11,13,17,19,23,25,28-29,61H,3-4,6,8-10,12,14-16,18,20-22,24,26-27,30-60,64H2,1-2H3,(H,67,68)/b7-5-,13-11-,19-17-,25-23-,29-28-. The summed E-state index contributed by atoms with van der Waals surface area (Å²) in [6.07, 6.45) is 74.3. The van der Waals surface area contributed by atoms with Crippen LogP contribution >= 0.6 is 7.82 Å². The summed E-state index contributed by atoms with van der Waals surface area (Å²) in [6.45, 7) is 3.68. The molecule has 0 aromatic heterocycles. The Morgan fingerprint density at radius 2 is 0.753 bits per heavy atom. The predicted octanol–water partition coefficient (Wildman–Crippen LogP) is 19.5. The van der Waals surface area contributed by atoms with Crippen molar-refractivity contribution in [2.24, 2.45) is 5.73 Å². The van der Waals surface area contributed by atoms with Gasteiger partial charge in [-0.3, -0.25) is 18.6 Å². The first-order valence-electron chi connectivity index (χ1n) is 30.8. The molecule has 0 heterocycles. The van der Waals surface area contributed by atoms with Gasteiger partial charge in [0.1, 0.15) is 6.61 Å². The molecule has 9 nitrogen and oxygen atoms in total. The summed E-state index contributed by atoms with van der Waals surface area (Å²) in [5.74, 6) is -0.816. The van der Waals surface area contributed by atoms with Gasteiger partial charge >= 0.3 is 19.8 Å². The zero-order chi connectivity index (χ0) is 53.1. The van der Waals surface area contributed by atoms with Gasteiger partial charge < -0.3 is 20.1 Å². The Kier molecular flexibility index (Phi) is 57.1. The maximum absolute atomic E-state index is 12.7. The molecular weight excluding hydrogens is 930 g/mol. The van der Waals surface area contributed by atoms with Crippen LogP contribution in [0.25, 0.3) is 0 Å². The number of hydrogen-bond acceptors (Lipinski definition) is 8. The monoisotopic (exact) mass is 1050 g/mol. The van der Waals surface area contributed by atoms with E-state index in [4.69, 9.17) is 24.3 Å². The molecule has 0 bridgehead atoms. The van der Waals surface area contributed by atoms with Crippen LogP contribution in [0.4, 0.5) is 0 Å². The molecule has 3 N–H and O–H groups in total. The second-order valence-electron chi connectivity index (χ2n) is 20.6. The number of hydrogen-bond donors (Lipinski definition) is 2. The second-order valence-corrected chi connectivity index (χ2v) is 22.0. The number of rotatable bonds is 58. The topological polar surface area (TPSA) is 134 Å². The Morgan fingerprint density at radius 1 is 0.425 bits per heavy atom. The van der Waals surface area contributed by atoms with E-state index in [0.717, 1.165) is 70.6 Å². The number of phosphoric ester groups is 1. The molecule has 0 aliphatic rings. The molecule has 73 heavy (non-hydrogen) atoms. The van der Waals surface area contributed by atoms with Crippen molar-refractivity contribution in [2.45, 2.75) is 302 Å². The summed E-state index contributed by atoms with van der Waals surface area (Å²) < 4.78 is 33.1. The van der Waals surface area contributed by atoms with Crippen molar-refractivity contribution in [1.29, 1.82) is 0 Å². The quantitative estimate of drug-likeness (QED) is 0.0264. The van der Waals surface area contributed by atoms with Crippen LogP contribution in [0.1, 0.15) is 296 Å². The zero-order valence-electron chi connectivity index (χ0n) is 47.6. The van der Waals surface area contributed by atoms with Crippen LogP contribution in [0.3, 0.4) is 0 Å². The fourth-order valence-corrected chi connectivity index (χ4v) is 9.67. The second kappa shape index (κ2) is 59.0. The highest BCUT2D eigenvalue weighted by atomic mass is 31.2. The Bertz CT molecular complexity index is 1380. The van der Waals surface area contributed by atoms with Crippen molar-refractivity contribution in [1.82, 2.24) is 0 Å². The van der Waals surface area contributed by atoms with E-state index >= 15 is 0 Å². The smallest absolute Gasteiger partial charge is 0.462 e. The number of unbranched alkanes of at least 4 members (excludes halogenated alkanes) is 35. The van der Waals surface area contributed by atoms with Crippen LogP contribution in [0, 0.1) is 0 Å². The number of esters is 2. The molecule has 0 aliphatic heterocycles. The number of phosphoric acid groups is 1. The minimum Gasteiger partial charge on any atom is -0.462 e. The van der Waals surface area contributed by atoms with Gasteiger partial charge in [-0.2, -0.15) is 0 Å². The molecule has 0 spiro atoms. The summed E-state index contributed by atoms with van der Waals surface area (Å²) in [6, 6.07) is 0. The molecule has 0 rings (SSSR count). The van der Waals surface area contributed by atoms with Gasteiger partial charge in [0.15, 0.2) is 6.10 Å². The van der Waals surface area contributed by atoms with Crippen molar-refractivity contribution in [3.8, 4) is 0 Å². The van der Waals surface area contributed by atoms with Crippen LogP contribution < -0.4 is 5.73 Å². The zero-order valence-corrected chi connectivity index (χ0v) is 48.5. The third kappa shape index (κ3) is 58.8. The van der Waals surface area contributed by atoms with Crippen molar-refractivity contribution < 1.29 is 37.6 Å². The van der Waals surface area contributed by atoms with Gasteiger partial charge in [0.2, 0.25) is 0 Å². The van der Waals surface area contributed by atoms with Crippen LogP contribution in [-0.2, 0) is 32.7 Å². The maximum Gasteiger partial charge on any atom is 0.472 e. The van der Waals surface area contributed by atoms with Gasteiger partial charge in [0, 0.05) is 19.4 Å². The van der Waals surface area contributed by atoms with E-state index in [-0.39, 0.29) is 38.6 Å². The summed E-state index contributed by atoms with van der Waals surface area (Å²) in [5, 5.41) is 0. The van der Waals surface area contributed by atoms with Crippen LogP contribution in [0.5, 0.6) is 0 Å². The minimum atomic E-state index is -4.39. The molecule has 0 saturated heterocycles. The summed E-state index contributed by atoms with van der Waals surface area (Å²) in [7, 11) is -4.39. The van der Waals surface area contributed by atoms with Crippen molar-refractivity contribution in [3.05, 3.63) is 60.8 Å². The fourth-order valence-electron chi connectivity index (χ4n) is 8.90. The summed E-state index contributed by atoms with van der Waals surface area (Å²) in [4.78, 5) is 35.2. The maximum atomic E-state index is 12.7. The van der Waals surface area contributed by atoms with Crippen molar-refractivity contribution in [3.63, 3.8) is 0 Å². The lowest BCUT2D eigenvalue weighted by molar-refractivity contribution is -0.161. The summed E-state index contributed by atoms with van der Waals surface area (Å²) >= 11 is 0. The predicted molar refractivity (Wildman–Crippen MR) is 312 cm³/mol. The van der Waals surface area contributed by atoms with E-state index in [9.17, 15) is 19.0 Å². The van der Waals surface area contributed by atoms with Gasteiger partial charge in [-0.1, -0.05) is 286 Å². The molecule has 10 heteroatoms. The first-order valence-corrected chi connectivity index (χ1v) is 32.3. The number of ether oxygens (including phenoxy) is 2. The van der Waals surface area contributed by atoms with E-state index in [0.29, 0.717) is 6.42 Å². The molecule has 2 atom stereocenters. The van der Waals surface area contributed by atoms with Gasteiger partial charge in [-0.15, -0.1) is 0 Å². The number of allylic oxidation sites excluding steroid dienone is 10. The lowest BCUT2D eigenvalue weighted by Gasteiger charge is -2.19. The van der Waals surface area contributed by atoms with Crippen molar-refractivity contribution in [2.75, 3.05) is 26.4 Å². The van der Waals surface area contributed by atoms with E-state index in [1.807, 2.05) is 0 Å². The van der Waals surface area contributed by atoms with E-state index in [2.05, 4.69) is 74.6 Å². The van der Waals surface area contributed by atoms with Crippen molar-refractivity contribution >= 4 is 19.8 Å². The average Bonchev–Trinajstić information content (AvgIpc) is 3.38. The summed E-state index contributed by atoms with van der Waals surface area (Å²) in [5.41, 5.74) is 5.39. The molecule has 0 aromatic carbocycles. The molecular formula is C63H116NO8P. The SMILES string of the molecule is CC/C=C\C/C=C\C/C=C\C/C=C\C/C=C\CCCCCCCCCCCCCCCC(=O)OC(COC(=O)CCCCCCCCCCCCCCCCCCCCCCCCC)COP(=O)(O)OCCN. The highest BCUT2D eigenvalue weighted by Crippen LogP contribution is 2.43. The molecule has 0 saturated carbocycles. The first-order chi connectivity index (χ1) is 35.8. The molecule has 0 aliphatic carbocycles. The van der Waals surface area contributed by atoms with Gasteiger partial charge in [0.05, 0.1) is 13.2 Å².